The molecule has 1 aromatic carbocycles. The summed E-state index contributed by atoms with van der Waals surface area (Å²) in [7, 11) is 2.19. The standard InChI is InChI=1S/C22H28N6/c1-27-10-12-28(13-11-27)17-4-2-16(3-5-17)24-20(25-18-14-21(18)6-7-21)26-19-22(8-9-22)15-23-19/h2-5H,6-15H2,1H3,(H,23,24,26). The van der Waals surface area contributed by atoms with Crippen LogP contribution in [0, 0.1) is 10.8 Å². The first kappa shape index (κ1) is 16.7. The topological polar surface area (TPSA) is 55.6 Å². The lowest BCUT2D eigenvalue weighted by Crippen LogP contribution is -2.44. The van der Waals surface area contributed by atoms with Crippen LogP contribution in [-0.4, -0.2) is 62.2 Å². The van der Waals surface area contributed by atoms with E-state index in [2.05, 4.69) is 51.4 Å². The highest BCUT2D eigenvalue weighted by molar-refractivity contribution is 6.17. The number of benzene rings is 1. The zero-order valence-electron chi connectivity index (χ0n) is 16.6. The molecule has 4 fully saturated rings. The summed E-state index contributed by atoms with van der Waals surface area (Å²) < 4.78 is 0. The van der Waals surface area contributed by atoms with Crippen LogP contribution in [0.4, 0.5) is 11.4 Å². The molecule has 0 atom stereocenters. The second kappa shape index (κ2) is 5.89. The van der Waals surface area contributed by atoms with E-state index >= 15 is 0 Å². The van der Waals surface area contributed by atoms with Crippen molar-refractivity contribution in [2.24, 2.45) is 25.8 Å². The van der Waals surface area contributed by atoms with Gasteiger partial charge in [-0.1, -0.05) is 0 Å². The van der Waals surface area contributed by atoms with Gasteiger partial charge in [0.1, 0.15) is 5.84 Å². The quantitative estimate of drug-likeness (QED) is 0.638. The summed E-state index contributed by atoms with van der Waals surface area (Å²) >= 11 is 0. The van der Waals surface area contributed by atoms with Gasteiger partial charge in [-0.15, -0.1) is 0 Å². The molecule has 6 rings (SSSR count). The molecule has 0 aromatic heterocycles. The number of piperazine rings is 1. The Morgan fingerprint density at radius 1 is 1.00 bits per heavy atom. The first-order valence-corrected chi connectivity index (χ1v) is 10.7. The third-order valence-electron chi connectivity index (χ3n) is 7.15. The van der Waals surface area contributed by atoms with Gasteiger partial charge in [-0.2, -0.15) is 4.99 Å². The molecule has 6 nitrogen and oxygen atoms in total. The Hall–Kier alpha value is -2.21. The molecule has 5 aliphatic rings. The van der Waals surface area contributed by atoms with Crippen LogP contribution in [0.25, 0.3) is 0 Å². The van der Waals surface area contributed by atoms with Crippen LogP contribution >= 0.6 is 0 Å². The van der Waals surface area contributed by atoms with Crippen molar-refractivity contribution in [3.63, 3.8) is 0 Å². The van der Waals surface area contributed by atoms with E-state index in [0.29, 0.717) is 10.8 Å². The number of guanidine groups is 1. The lowest BCUT2D eigenvalue weighted by molar-refractivity contribution is 0.313. The fourth-order valence-electron chi connectivity index (χ4n) is 4.37. The highest BCUT2D eigenvalue weighted by Crippen LogP contribution is 2.63. The van der Waals surface area contributed by atoms with E-state index in [1.165, 1.54) is 37.1 Å². The number of amidine groups is 1. The maximum absolute atomic E-state index is 4.89. The third kappa shape index (κ3) is 2.94. The second-order valence-electron chi connectivity index (χ2n) is 9.33. The minimum atomic E-state index is 0.305. The Kier molecular flexibility index (Phi) is 3.52. The van der Waals surface area contributed by atoms with Gasteiger partial charge in [0, 0.05) is 54.1 Å². The zero-order valence-corrected chi connectivity index (χ0v) is 16.6. The summed E-state index contributed by atoms with van der Waals surface area (Å²) in [6, 6.07) is 8.72. The predicted molar refractivity (Wildman–Crippen MR) is 115 cm³/mol. The number of nitrogens with one attached hydrogen (secondary N) is 1. The molecule has 0 unspecified atom stereocenters. The van der Waals surface area contributed by atoms with Crippen LogP contribution in [0.1, 0.15) is 32.1 Å². The van der Waals surface area contributed by atoms with E-state index in [0.717, 1.165) is 56.6 Å². The lowest BCUT2D eigenvalue weighted by Gasteiger charge is -2.34. The van der Waals surface area contributed by atoms with Gasteiger partial charge in [0.2, 0.25) is 5.96 Å². The molecule has 1 N–H and O–H groups in total. The van der Waals surface area contributed by atoms with Crippen molar-refractivity contribution in [1.82, 2.24) is 4.90 Å². The average molecular weight is 377 g/mol. The lowest BCUT2D eigenvalue weighted by atomic mass is 10.0. The average Bonchev–Trinajstić information content (AvgIpc) is 3.58. The normalized spacial score (nSPS) is 28.3. The number of nitrogens with zero attached hydrogens (tertiary/aromatic N) is 5. The Morgan fingerprint density at radius 2 is 1.71 bits per heavy atom. The minimum absolute atomic E-state index is 0.305. The summed E-state index contributed by atoms with van der Waals surface area (Å²) in [5.74, 6) is 1.75. The summed E-state index contributed by atoms with van der Waals surface area (Å²) in [4.78, 5) is 19.1. The summed E-state index contributed by atoms with van der Waals surface area (Å²) in [5.41, 5.74) is 4.45. The van der Waals surface area contributed by atoms with E-state index in [-0.39, 0.29) is 0 Å². The molecule has 2 aliphatic heterocycles. The molecule has 2 spiro atoms. The van der Waals surface area contributed by atoms with Crippen molar-refractivity contribution in [3.8, 4) is 0 Å². The van der Waals surface area contributed by atoms with E-state index < -0.39 is 0 Å². The number of likely N-dealkylation sites (N-methyl/N-ethyl adjacent to an activating group) is 1. The van der Waals surface area contributed by atoms with Gasteiger partial charge in [0.25, 0.3) is 0 Å². The smallest absolute Gasteiger partial charge is 0.228 e. The van der Waals surface area contributed by atoms with Gasteiger partial charge >= 0.3 is 0 Å². The molecule has 1 saturated heterocycles. The molecule has 3 saturated carbocycles. The highest BCUT2D eigenvalue weighted by atomic mass is 15.2. The Bertz CT molecular complexity index is 880. The van der Waals surface area contributed by atoms with Gasteiger partial charge < -0.3 is 15.1 Å². The monoisotopic (exact) mass is 376 g/mol. The molecule has 1 aromatic rings. The first-order valence-electron chi connectivity index (χ1n) is 10.7. The fourth-order valence-corrected chi connectivity index (χ4v) is 4.37. The molecular formula is C22H28N6. The molecule has 2 heterocycles. The van der Waals surface area contributed by atoms with Gasteiger partial charge in [-0.25, -0.2) is 4.99 Å². The number of hydrogen-bond donors (Lipinski definition) is 1. The summed E-state index contributed by atoms with van der Waals surface area (Å²) in [6.07, 6.45) is 6.26. The third-order valence-corrected chi connectivity index (χ3v) is 7.15. The van der Waals surface area contributed by atoms with Crippen molar-refractivity contribution >= 4 is 28.9 Å². The second-order valence-corrected chi connectivity index (χ2v) is 9.33. The van der Waals surface area contributed by atoms with E-state index in [4.69, 9.17) is 9.98 Å². The Morgan fingerprint density at radius 3 is 2.29 bits per heavy atom. The maximum atomic E-state index is 4.89. The van der Waals surface area contributed by atoms with Gasteiger partial charge in [-0.05, 0) is 63.4 Å². The molecule has 28 heavy (non-hydrogen) atoms. The van der Waals surface area contributed by atoms with Crippen LogP contribution in [0.15, 0.2) is 39.2 Å². The van der Waals surface area contributed by atoms with E-state index in [9.17, 15) is 0 Å². The van der Waals surface area contributed by atoms with Crippen molar-refractivity contribution in [3.05, 3.63) is 24.3 Å². The molecule has 3 aliphatic carbocycles. The first-order chi connectivity index (χ1) is 13.6. The largest absolute Gasteiger partial charge is 0.369 e. The maximum Gasteiger partial charge on any atom is 0.228 e. The number of aliphatic imine (C=N–C) groups is 3. The van der Waals surface area contributed by atoms with Crippen molar-refractivity contribution < 1.29 is 0 Å². The molecule has 146 valence electrons. The van der Waals surface area contributed by atoms with Gasteiger partial charge in [0.05, 0.1) is 6.54 Å². The SMILES string of the molecule is CN1CCN(c2ccc(NC(=NC3=NCC34CC4)N=C3CC34CC4)cc2)CC1. The van der Waals surface area contributed by atoms with Crippen LogP contribution in [-0.2, 0) is 0 Å². The van der Waals surface area contributed by atoms with Crippen LogP contribution < -0.4 is 10.2 Å². The van der Waals surface area contributed by atoms with Crippen LogP contribution in [0.2, 0.25) is 0 Å². The van der Waals surface area contributed by atoms with Crippen molar-refractivity contribution in [1.29, 1.82) is 0 Å². The highest BCUT2D eigenvalue weighted by Gasteiger charge is 2.60. The Labute approximate surface area is 166 Å². The summed E-state index contributed by atoms with van der Waals surface area (Å²) in [5, 5.41) is 3.47. The minimum Gasteiger partial charge on any atom is -0.369 e. The predicted octanol–water partition coefficient (Wildman–Crippen LogP) is 3.02. The molecule has 0 bridgehead atoms. The van der Waals surface area contributed by atoms with Crippen molar-refractivity contribution in [2.45, 2.75) is 32.1 Å². The fraction of sp³-hybridized carbons (Fsp3) is 0.591. The Balaban J connectivity index is 1.19. The summed E-state index contributed by atoms with van der Waals surface area (Å²) in [6.45, 7) is 5.39. The van der Waals surface area contributed by atoms with Crippen molar-refractivity contribution in [2.75, 3.05) is 50.0 Å². The molecule has 6 heteroatoms. The molecular weight excluding hydrogens is 348 g/mol. The van der Waals surface area contributed by atoms with E-state index in [1.807, 2.05) is 0 Å². The zero-order chi connectivity index (χ0) is 18.8. The number of anilines is 2. The molecule has 0 radical (unpaired) electrons. The van der Waals surface area contributed by atoms with Crippen LogP contribution in [0.5, 0.6) is 0 Å². The van der Waals surface area contributed by atoms with Gasteiger partial charge in [-0.3, -0.25) is 4.99 Å². The molecule has 0 amide bonds. The number of hydrogen-bond acceptors (Lipinski definition) is 4. The van der Waals surface area contributed by atoms with Crippen LogP contribution in [0.3, 0.4) is 0 Å². The number of rotatable bonds is 2. The van der Waals surface area contributed by atoms with Gasteiger partial charge in [0.15, 0.2) is 0 Å². The van der Waals surface area contributed by atoms with E-state index in [1.54, 1.807) is 0 Å².